The Balaban J connectivity index is 2.02. The lowest BCUT2D eigenvalue weighted by atomic mass is 9.64. The van der Waals surface area contributed by atoms with Gasteiger partial charge in [-0.1, -0.05) is 64.4 Å². The predicted octanol–water partition coefficient (Wildman–Crippen LogP) is 6.31. The molecule has 1 aromatic heterocycles. The molecule has 5 heteroatoms. The van der Waals surface area contributed by atoms with Gasteiger partial charge >= 0.3 is 5.97 Å². The van der Waals surface area contributed by atoms with Crippen molar-refractivity contribution in [3.05, 3.63) is 86.7 Å². The Morgan fingerprint density at radius 3 is 2.50 bits per heavy atom. The SMILES string of the molecule is CCCCOc1cc2c(cc1C)-c1c(cc(C(=O)OC)c(=O)n1Cc1ccccc1)C(C)(C(C)C)C2. The van der Waals surface area contributed by atoms with E-state index in [1.54, 1.807) is 10.6 Å². The van der Waals surface area contributed by atoms with Crippen LogP contribution in [0.4, 0.5) is 0 Å². The van der Waals surface area contributed by atoms with Crippen molar-refractivity contribution in [3.63, 3.8) is 0 Å². The zero-order valence-corrected chi connectivity index (χ0v) is 22.3. The summed E-state index contributed by atoms with van der Waals surface area (Å²) in [6.45, 7) is 11.9. The molecule has 3 aromatic rings. The number of hydrogen-bond acceptors (Lipinski definition) is 4. The first-order chi connectivity index (χ1) is 17.2. The van der Waals surface area contributed by atoms with Gasteiger partial charge in [0.1, 0.15) is 11.3 Å². The Bertz CT molecular complexity index is 1320. The van der Waals surface area contributed by atoms with E-state index >= 15 is 0 Å². The summed E-state index contributed by atoms with van der Waals surface area (Å²) < 4.78 is 12.9. The molecule has 1 aliphatic carbocycles. The van der Waals surface area contributed by atoms with Gasteiger partial charge < -0.3 is 14.0 Å². The molecule has 1 atom stereocenters. The van der Waals surface area contributed by atoms with E-state index < -0.39 is 5.97 Å². The van der Waals surface area contributed by atoms with E-state index in [4.69, 9.17) is 9.47 Å². The fourth-order valence-corrected chi connectivity index (χ4v) is 5.15. The highest BCUT2D eigenvalue weighted by molar-refractivity contribution is 5.90. The minimum Gasteiger partial charge on any atom is -0.493 e. The molecule has 0 radical (unpaired) electrons. The van der Waals surface area contributed by atoms with Gasteiger partial charge in [0.05, 0.1) is 26.0 Å². The molecule has 4 rings (SSSR count). The summed E-state index contributed by atoms with van der Waals surface area (Å²) in [7, 11) is 1.32. The van der Waals surface area contributed by atoms with Crippen LogP contribution in [0.2, 0.25) is 0 Å². The molecule has 1 aliphatic rings. The monoisotopic (exact) mass is 487 g/mol. The molecule has 0 saturated carbocycles. The molecule has 0 amide bonds. The summed E-state index contributed by atoms with van der Waals surface area (Å²) in [6, 6.07) is 16.0. The predicted molar refractivity (Wildman–Crippen MR) is 144 cm³/mol. The van der Waals surface area contributed by atoms with Crippen LogP contribution < -0.4 is 10.3 Å². The van der Waals surface area contributed by atoms with Gasteiger partial charge in [-0.3, -0.25) is 4.79 Å². The minimum absolute atomic E-state index is 0.0822. The molecule has 0 spiro atoms. The third-order valence-electron chi connectivity index (χ3n) is 7.74. The quantitative estimate of drug-likeness (QED) is 0.276. The standard InChI is InChI=1S/C31H37NO4/c1-7-8-14-36-27-16-23-18-31(5,20(2)3)26-17-25(30(34)35-6)29(33)32(19-22-12-10-9-11-13-22)28(26)24(23)15-21(27)4/h9-13,15-17,20H,7-8,14,18-19H2,1-6H3. The summed E-state index contributed by atoms with van der Waals surface area (Å²) >= 11 is 0. The van der Waals surface area contributed by atoms with Crippen LogP contribution >= 0.6 is 0 Å². The van der Waals surface area contributed by atoms with Gasteiger partial charge in [0.2, 0.25) is 0 Å². The zero-order valence-electron chi connectivity index (χ0n) is 22.3. The lowest BCUT2D eigenvalue weighted by Gasteiger charge is -2.42. The lowest BCUT2D eigenvalue weighted by molar-refractivity contribution is 0.0597. The number of esters is 1. The van der Waals surface area contributed by atoms with Crippen molar-refractivity contribution >= 4 is 5.97 Å². The minimum atomic E-state index is -0.600. The number of rotatable bonds is 8. The van der Waals surface area contributed by atoms with Crippen molar-refractivity contribution in [3.8, 4) is 17.0 Å². The smallest absolute Gasteiger partial charge is 0.343 e. The molecule has 0 aliphatic heterocycles. The van der Waals surface area contributed by atoms with Crippen LogP contribution in [0, 0.1) is 12.8 Å². The number of carbonyl (C=O) groups is 1. The molecule has 1 unspecified atom stereocenters. The topological polar surface area (TPSA) is 57.5 Å². The second kappa shape index (κ2) is 10.3. The average Bonchev–Trinajstić information content (AvgIpc) is 2.86. The van der Waals surface area contributed by atoms with Crippen molar-refractivity contribution in [2.45, 2.75) is 65.8 Å². The van der Waals surface area contributed by atoms with Gasteiger partial charge in [-0.2, -0.15) is 0 Å². The fourth-order valence-electron chi connectivity index (χ4n) is 5.15. The van der Waals surface area contributed by atoms with E-state index in [1.807, 2.05) is 30.3 Å². The van der Waals surface area contributed by atoms with Crippen molar-refractivity contribution in [1.82, 2.24) is 4.57 Å². The number of unbranched alkanes of at least 4 members (excludes halogenated alkanes) is 1. The molecule has 36 heavy (non-hydrogen) atoms. The fraction of sp³-hybridized carbons (Fsp3) is 0.419. The van der Waals surface area contributed by atoms with Crippen molar-refractivity contribution in [2.75, 3.05) is 13.7 Å². The van der Waals surface area contributed by atoms with E-state index in [-0.39, 0.29) is 22.5 Å². The third-order valence-corrected chi connectivity index (χ3v) is 7.74. The molecule has 0 fully saturated rings. The molecule has 5 nitrogen and oxygen atoms in total. The van der Waals surface area contributed by atoms with Crippen molar-refractivity contribution in [2.24, 2.45) is 5.92 Å². The van der Waals surface area contributed by atoms with Gasteiger partial charge in [-0.15, -0.1) is 0 Å². The van der Waals surface area contributed by atoms with E-state index in [9.17, 15) is 9.59 Å². The summed E-state index contributed by atoms with van der Waals surface area (Å²) in [4.78, 5) is 26.5. The first kappa shape index (κ1) is 25.7. The molecule has 0 saturated heterocycles. The molecule has 0 N–H and O–H groups in total. The van der Waals surface area contributed by atoms with Crippen LogP contribution in [-0.2, 0) is 23.1 Å². The Kier molecular flexibility index (Phi) is 7.39. The lowest BCUT2D eigenvalue weighted by Crippen LogP contribution is -2.40. The molecular weight excluding hydrogens is 450 g/mol. The number of hydrogen-bond donors (Lipinski definition) is 0. The number of ether oxygens (including phenoxy) is 2. The highest BCUT2D eigenvalue weighted by Gasteiger charge is 2.40. The first-order valence-corrected chi connectivity index (χ1v) is 12.9. The number of methoxy groups -OCH3 is 1. The van der Waals surface area contributed by atoms with Crippen LogP contribution in [0.5, 0.6) is 5.75 Å². The number of aryl methyl sites for hydroxylation is 1. The maximum Gasteiger partial charge on any atom is 0.343 e. The number of aromatic nitrogens is 1. The maximum absolute atomic E-state index is 13.8. The number of pyridine rings is 1. The summed E-state index contributed by atoms with van der Waals surface area (Å²) in [5.41, 5.74) is 5.61. The van der Waals surface area contributed by atoms with Gasteiger partial charge in [0.15, 0.2) is 0 Å². The number of carbonyl (C=O) groups excluding carboxylic acids is 1. The Labute approximate surface area is 214 Å². The molecular formula is C31H37NO4. The second-order valence-electron chi connectivity index (χ2n) is 10.4. The van der Waals surface area contributed by atoms with Crippen LogP contribution in [-0.4, -0.2) is 24.3 Å². The van der Waals surface area contributed by atoms with Crippen LogP contribution in [0.3, 0.4) is 0 Å². The third kappa shape index (κ3) is 4.59. The van der Waals surface area contributed by atoms with Crippen molar-refractivity contribution < 1.29 is 14.3 Å². The van der Waals surface area contributed by atoms with E-state index in [2.05, 4.69) is 46.8 Å². The number of nitrogens with zero attached hydrogens (tertiary/aromatic N) is 1. The first-order valence-electron chi connectivity index (χ1n) is 12.9. The van der Waals surface area contributed by atoms with Crippen LogP contribution in [0.25, 0.3) is 11.3 Å². The van der Waals surface area contributed by atoms with Gasteiger partial charge in [-0.25, -0.2) is 4.79 Å². The maximum atomic E-state index is 13.8. The Morgan fingerprint density at radius 1 is 1.14 bits per heavy atom. The number of benzene rings is 2. The van der Waals surface area contributed by atoms with Gasteiger partial charge in [0.25, 0.3) is 5.56 Å². The normalized spacial score (nSPS) is 16.4. The van der Waals surface area contributed by atoms with E-state index in [0.717, 1.165) is 53.0 Å². The average molecular weight is 488 g/mol. The summed E-state index contributed by atoms with van der Waals surface area (Å²) in [5.74, 6) is 0.570. The molecule has 1 heterocycles. The molecule has 2 aromatic carbocycles. The van der Waals surface area contributed by atoms with E-state index in [1.165, 1.54) is 12.7 Å². The van der Waals surface area contributed by atoms with Gasteiger partial charge in [-0.05, 0) is 66.1 Å². The van der Waals surface area contributed by atoms with E-state index in [0.29, 0.717) is 13.2 Å². The Morgan fingerprint density at radius 2 is 1.86 bits per heavy atom. The highest BCUT2D eigenvalue weighted by Crippen LogP contribution is 2.48. The molecule has 190 valence electrons. The Hall–Kier alpha value is -3.34. The second-order valence-corrected chi connectivity index (χ2v) is 10.4. The molecule has 0 bridgehead atoms. The number of fused-ring (bicyclic) bond motifs is 3. The van der Waals surface area contributed by atoms with Crippen LogP contribution in [0.1, 0.15) is 73.1 Å². The summed E-state index contributed by atoms with van der Waals surface area (Å²) in [5, 5.41) is 0. The zero-order chi connectivity index (χ0) is 26.0. The van der Waals surface area contributed by atoms with Crippen LogP contribution in [0.15, 0.2) is 53.3 Å². The summed E-state index contributed by atoms with van der Waals surface area (Å²) in [6.07, 6.45) is 2.88. The largest absolute Gasteiger partial charge is 0.493 e. The van der Waals surface area contributed by atoms with Crippen molar-refractivity contribution in [1.29, 1.82) is 0 Å². The highest BCUT2D eigenvalue weighted by atomic mass is 16.5. The van der Waals surface area contributed by atoms with Gasteiger partial charge in [0, 0.05) is 11.0 Å².